The van der Waals surface area contributed by atoms with Crippen molar-refractivity contribution in [3.05, 3.63) is 66.0 Å². The molecule has 0 aliphatic heterocycles. The van der Waals surface area contributed by atoms with E-state index in [1.165, 1.54) is 16.6 Å². The van der Waals surface area contributed by atoms with Crippen LogP contribution in [0.3, 0.4) is 0 Å². The van der Waals surface area contributed by atoms with Crippen molar-refractivity contribution in [3.63, 3.8) is 0 Å². The molecule has 0 saturated carbocycles. The summed E-state index contributed by atoms with van der Waals surface area (Å²) in [7, 11) is 0. The van der Waals surface area contributed by atoms with Crippen molar-refractivity contribution in [1.29, 1.82) is 0 Å². The number of para-hydroxylation sites is 2. The van der Waals surface area contributed by atoms with Gasteiger partial charge in [-0.3, -0.25) is 0 Å². The molecule has 3 nitrogen and oxygen atoms in total. The predicted octanol–water partition coefficient (Wildman–Crippen LogP) is 3.48. The number of benzene rings is 2. The third kappa shape index (κ3) is 1.96. The first kappa shape index (κ1) is 12.6. The van der Waals surface area contributed by atoms with E-state index in [2.05, 4.69) is 64.3 Å². The van der Waals surface area contributed by atoms with Gasteiger partial charge in [0.15, 0.2) is 0 Å². The smallest absolute Gasteiger partial charge is 0.0961 e. The molecular weight excluding hydrogens is 258 g/mol. The molecule has 2 atom stereocenters. The summed E-state index contributed by atoms with van der Waals surface area (Å²) >= 11 is 0. The van der Waals surface area contributed by atoms with Crippen LogP contribution in [-0.2, 0) is 6.42 Å². The minimum atomic E-state index is 0.365. The molecule has 106 valence electrons. The minimum Gasteiger partial charge on any atom is -0.325 e. The monoisotopic (exact) mass is 277 g/mol. The maximum atomic E-state index is 4.56. The molecule has 2 aromatic carbocycles. The molecule has 0 spiro atoms. The molecule has 3 aromatic rings. The summed E-state index contributed by atoms with van der Waals surface area (Å²) in [5, 5.41) is 3.66. The van der Waals surface area contributed by atoms with Crippen LogP contribution < -0.4 is 5.32 Å². The van der Waals surface area contributed by atoms with E-state index in [9.17, 15) is 0 Å². The van der Waals surface area contributed by atoms with Crippen LogP contribution in [-0.4, -0.2) is 16.1 Å². The van der Waals surface area contributed by atoms with Gasteiger partial charge in [0.25, 0.3) is 0 Å². The lowest BCUT2D eigenvalue weighted by molar-refractivity contribution is 0.394. The van der Waals surface area contributed by atoms with E-state index in [0.29, 0.717) is 12.1 Å². The molecule has 1 heterocycles. The number of hydrogen-bond donors (Lipinski definition) is 1. The molecule has 0 saturated heterocycles. The summed E-state index contributed by atoms with van der Waals surface area (Å²) in [6.45, 7) is 3.14. The standard InChI is InChI=1S/C18H19N3/c1-2-19-18-14-8-4-3-7-13(14)11-17(18)21-12-20-15-9-5-6-10-16(15)21/h3-10,12,17-19H,2,11H2,1H3. The van der Waals surface area contributed by atoms with Gasteiger partial charge in [0.05, 0.1) is 29.4 Å². The molecule has 0 fully saturated rings. The second-order valence-corrected chi connectivity index (χ2v) is 5.65. The summed E-state index contributed by atoms with van der Waals surface area (Å²) in [6, 6.07) is 17.9. The third-order valence-electron chi connectivity index (χ3n) is 4.47. The summed E-state index contributed by atoms with van der Waals surface area (Å²) in [6.07, 6.45) is 3.06. The number of likely N-dealkylation sites (N-methyl/N-ethyl adjacent to an activating group) is 1. The molecule has 2 unspecified atom stereocenters. The second kappa shape index (κ2) is 5.01. The largest absolute Gasteiger partial charge is 0.325 e. The average Bonchev–Trinajstić information content (AvgIpc) is 3.09. The van der Waals surface area contributed by atoms with Crippen LogP contribution in [0.5, 0.6) is 0 Å². The Morgan fingerprint density at radius 1 is 1.14 bits per heavy atom. The number of hydrogen-bond acceptors (Lipinski definition) is 2. The van der Waals surface area contributed by atoms with Gasteiger partial charge in [0.2, 0.25) is 0 Å². The quantitative estimate of drug-likeness (QED) is 0.794. The van der Waals surface area contributed by atoms with E-state index in [4.69, 9.17) is 0 Å². The number of rotatable bonds is 3. The SMILES string of the molecule is CCNC1c2ccccc2CC1n1cnc2ccccc21. The van der Waals surface area contributed by atoms with E-state index in [-0.39, 0.29) is 0 Å². The van der Waals surface area contributed by atoms with Crippen molar-refractivity contribution in [1.82, 2.24) is 14.9 Å². The van der Waals surface area contributed by atoms with Gasteiger partial charge >= 0.3 is 0 Å². The van der Waals surface area contributed by atoms with E-state index in [1.807, 2.05) is 12.4 Å². The fourth-order valence-corrected chi connectivity index (χ4v) is 3.54. The Labute approximate surface area is 124 Å². The first-order valence-electron chi connectivity index (χ1n) is 7.61. The van der Waals surface area contributed by atoms with Crippen molar-refractivity contribution >= 4 is 11.0 Å². The Kier molecular flexibility index (Phi) is 3.00. The van der Waals surface area contributed by atoms with Gasteiger partial charge in [-0.1, -0.05) is 43.3 Å². The van der Waals surface area contributed by atoms with E-state index < -0.39 is 0 Å². The van der Waals surface area contributed by atoms with Gasteiger partial charge in [0, 0.05) is 0 Å². The van der Waals surface area contributed by atoms with Crippen molar-refractivity contribution in [2.45, 2.75) is 25.4 Å². The van der Waals surface area contributed by atoms with E-state index in [1.54, 1.807) is 0 Å². The third-order valence-corrected chi connectivity index (χ3v) is 4.47. The van der Waals surface area contributed by atoms with Gasteiger partial charge < -0.3 is 9.88 Å². The Morgan fingerprint density at radius 3 is 2.86 bits per heavy atom. The second-order valence-electron chi connectivity index (χ2n) is 5.65. The molecule has 1 N–H and O–H groups in total. The van der Waals surface area contributed by atoms with Crippen LogP contribution >= 0.6 is 0 Å². The Hall–Kier alpha value is -2.13. The van der Waals surface area contributed by atoms with Crippen LogP contribution in [0.25, 0.3) is 11.0 Å². The van der Waals surface area contributed by atoms with Crippen molar-refractivity contribution < 1.29 is 0 Å². The molecule has 0 radical (unpaired) electrons. The molecule has 0 amide bonds. The molecule has 3 heteroatoms. The molecule has 4 rings (SSSR count). The van der Waals surface area contributed by atoms with Gasteiger partial charge in [-0.2, -0.15) is 0 Å². The number of nitrogens with one attached hydrogen (secondary N) is 1. The first-order chi connectivity index (χ1) is 10.4. The highest BCUT2D eigenvalue weighted by Crippen LogP contribution is 2.40. The molecular formula is C18H19N3. The highest BCUT2D eigenvalue weighted by molar-refractivity contribution is 5.75. The molecule has 1 aliphatic carbocycles. The number of aromatic nitrogens is 2. The van der Waals surface area contributed by atoms with Gasteiger partial charge in [-0.05, 0) is 36.2 Å². The summed E-state index contributed by atoms with van der Waals surface area (Å²) < 4.78 is 2.34. The summed E-state index contributed by atoms with van der Waals surface area (Å²) in [5.74, 6) is 0. The molecule has 21 heavy (non-hydrogen) atoms. The highest BCUT2D eigenvalue weighted by atomic mass is 15.1. The Morgan fingerprint density at radius 2 is 1.95 bits per heavy atom. The predicted molar refractivity (Wildman–Crippen MR) is 85.3 cm³/mol. The zero-order valence-electron chi connectivity index (χ0n) is 12.2. The molecule has 0 bridgehead atoms. The number of fused-ring (bicyclic) bond motifs is 2. The van der Waals surface area contributed by atoms with Gasteiger partial charge in [0.1, 0.15) is 0 Å². The zero-order valence-corrected chi connectivity index (χ0v) is 12.2. The van der Waals surface area contributed by atoms with Crippen LogP contribution in [0, 0.1) is 0 Å². The number of nitrogens with zero attached hydrogens (tertiary/aromatic N) is 2. The van der Waals surface area contributed by atoms with Crippen LogP contribution in [0.15, 0.2) is 54.9 Å². The number of imidazole rings is 1. The summed E-state index contributed by atoms with van der Waals surface area (Å²) in [4.78, 5) is 4.56. The topological polar surface area (TPSA) is 29.9 Å². The van der Waals surface area contributed by atoms with E-state index in [0.717, 1.165) is 18.5 Å². The average molecular weight is 277 g/mol. The maximum Gasteiger partial charge on any atom is 0.0961 e. The summed E-state index contributed by atoms with van der Waals surface area (Å²) in [5.41, 5.74) is 5.18. The normalized spacial score (nSPS) is 20.8. The zero-order chi connectivity index (χ0) is 14.2. The molecule has 1 aliphatic rings. The fourth-order valence-electron chi connectivity index (χ4n) is 3.54. The first-order valence-corrected chi connectivity index (χ1v) is 7.61. The van der Waals surface area contributed by atoms with Crippen molar-refractivity contribution in [3.8, 4) is 0 Å². The maximum absolute atomic E-state index is 4.56. The van der Waals surface area contributed by atoms with Gasteiger partial charge in [-0.15, -0.1) is 0 Å². The Bertz CT molecular complexity index is 775. The van der Waals surface area contributed by atoms with Crippen LogP contribution in [0.2, 0.25) is 0 Å². The lowest BCUT2D eigenvalue weighted by Gasteiger charge is -2.23. The lowest BCUT2D eigenvalue weighted by Crippen LogP contribution is -2.27. The van der Waals surface area contributed by atoms with Gasteiger partial charge in [-0.25, -0.2) is 4.98 Å². The van der Waals surface area contributed by atoms with Crippen molar-refractivity contribution in [2.24, 2.45) is 0 Å². The minimum absolute atomic E-state index is 0.365. The fraction of sp³-hybridized carbons (Fsp3) is 0.278. The van der Waals surface area contributed by atoms with Crippen LogP contribution in [0.1, 0.15) is 30.1 Å². The molecule has 1 aromatic heterocycles. The van der Waals surface area contributed by atoms with Crippen molar-refractivity contribution in [2.75, 3.05) is 6.54 Å². The van der Waals surface area contributed by atoms with Crippen LogP contribution in [0.4, 0.5) is 0 Å². The lowest BCUT2D eigenvalue weighted by atomic mass is 10.1. The highest BCUT2D eigenvalue weighted by Gasteiger charge is 2.33. The Balaban J connectivity index is 1.81. The van der Waals surface area contributed by atoms with E-state index >= 15 is 0 Å².